The fraction of sp³-hybridized carbons (Fsp3) is 0.750. The predicted molar refractivity (Wildman–Crippen MR) is 105 cm³/mol. The van der Waals surface area contributed by atoms with Gasteiger partial charge in [-0.1, -0.05) is 0 Å². The molecule has 7 heteroatoms. The number of hydrogen-bond donors (Lipinski definition) is 2. The van der Waals surface area contributed by atoms with E-state index in [-0.39, 0.29) is 18.4 Å². The fourth-order valence-electron chi connectivity index (χ4n) is 4.22. The van der Waals surface area contributed by atoms with Crippen molar-refractivity contribution in [2.75, 3.05) is 49.1 Å². The zero-order valence-electron chi connectivity index (χ0n) is 16.0. The second kappa shape index (κ2) is 8.42. The summed E-state index contributed by atoms with van der Waals surface area (Å²) in [6.07, 6.45) is 8.27. The van der Waals surface area contributed by atoms with Crippen LogP contribution in [-0.4, -0.2) is 60.3 Å². The molecule has 7 nitrogen and oxygen atoms in total. The average molecular weight is 374 g/mol. The SMILES string of the molecule is O=C(NCC1CC1)C1CCCN(c2cc(N3CCCC(CO)C3)ncn2)C1. The summed E-state index contributed by atoms with van der Waals surface area (Å²) in [6, 6.07) is 2.05. The lowest BCUT2D eigenvalue weighted by atomic mass is 9.97. The number of hydrogen-bond acceptors (Lipinski definition) is 6. The van der Waals surface area contributed by atoms with E-state index in [1.54, 1.807) is 6.33 Å². The van der Waals surface area contributed by atoms with E-state index in [1.807, 2.05) is 6.07 Å². The third kappa shape index (κ3) is 4.69. The van der Waals surface area contributed by atoms with E-state index in [2.05, 4.69) is 25.1 Å². The van der Waals surface area contributed by atoms with Gasteiger partial charge in [0.25, 0.3) is 0 Å². The first kappa shape index (κ1) is 18.5. The minimum atomic E-state index is 0.0460. The Hall–Kier alpha value is -1.89. The van der Waals surface area contributed by atoms with Gasteiger partial charge in [-0.15, -0.1) is 0 Å². The third-order valence-electron chi connectivity index (χ3n) is 6.12. The molecule has 0 bridgehead atoms. The topological polar surface area (TPSA) is 81.6 Å². The summed E-state index contributed by atoms with van der Waals surface area (Å²) in [5.41, 5.74) is 0. The summed E-state index contributed by atoms with van der Waals surface area (Å²) < 4.78 is 0. The van der Waals surface area contributed by atoms with E-state index < -0.39 is 0 Å². The Balaban J connectivity index is 1.39. The molecule has 4 rings (SSSR count). The summed E-state index contributed by atoms with van der Waals surface area (Å²) in [4.78, 5) is 25.9. The molecule has 3 aliphatic rings. The number of rotatable bonds is 6. The van der Waals surface area contributed by atoms with Crippen LogP contribution in [0, 0.1) is 17.8 Å². The van der Waals surface area contributed by atoms with Crippen LogP contribution in [0.15, 0.2) is 12.4 Å². The van der Waals surface area contributed by atoms with Crippen LogP contribution in [0.3, 0.4) is 0 Å². The van der Waals surface area contributed by atoms with Gasteiger partial charge in [-0.3, -0.25) is 4.79 Å². The Morgan fingerprint density at radius 2 is 1.74 bits per heavy atom. The Kier molecular flexibility index (Phi) is 5.76. The van der Waals surface area contributed by atoms with Gasteiger partial charge in [-0.25, -0.2) is 9.97 Å². The monoisotopic (exact) mass is 373 g/mol. The lowest BCUT2D eigenvalue weighted by molar-refractivity contribution is -0.125. The van der Waals surface area contributed by atoms with E-state index in [0.717, 1.165) is 70.0 Å². The smallest absolute Gasteiger partial charge is 0.224 e. The molecule has 1 saturated carbocycles. The zero-order valence-corrected chi connectivity index (χ0v) is 16.0. The number of nitrogens with zero attached hydrogens (tertiary/aromatic N) is 4. The predicted octanol–water partition coefficient (Wildman–Crippen LogP) is 1.43. The second-order valence-corrected chi connectivity index (χ2v) is 8.34. The van der Waals surface area contributed by atoms with Crippen LogP contribution in [-0.2, 0) is 4.79 Å². The highest BCUT2D eigenvalue weighted by atomic mass is 16.3. The van der Waals surface area contributed by atoms with E-state index in [4.69, 9.17) is 0 Å². The number of carbonyl (C=O) groups is 1. The summed E-state index contributed by atoms with van der Waals surface area (Å²) in [5, 5.41) is 12.6. The van der Waals surface area contributed by atoms with Crippen LogP contribution in [0.2, 0.25) is 0 Å². The highest BCUT2D eigenvalue weighted by molar-refractivity contribution is 5.79. The molecule has 2 N–H and O–H groups in total. The number of aromatic nitrogens is 2. The van der Waals surface area contributed by atoms with Gasteiger partial charge in [0.1, 0.15) is 18.0 Å². The molecule has 3 fully saturated rings. The zero-order chi connectivity index (χ0) is 18.6. The lowest BCUT2D eigenvalue weighted by Gasteiger charge is -2.35. The average Bonchev–Trinajstić information content (AvgIpc) is 3.57. The molecule has 2 atom stereocenters. The first-order valence-electron chi connectivity index (χ1n) is 10.4. The number of carbonyl (C=O) groups excluding carboxylic acids is 1. The highest BCUT2D eigenvalue weighted by Gasteiger charge is 2.29. The summed E-state index contributed by atoms with van der Waals surface area (Å²) in [5.74, 6) is 3.12. The largest absolute Gasteiger partial charge is 0.396 e. The van der Waals surface area contributed by atoms with Crippen molar-refractivity contribution in [2.45, 2.75) is 38.5 Å². The Morgan fingerprint density at radius 3 is 2.44 bits per heavy atom. The van der Waals surface area contributed by atoms with Crippen LogP contribution >= 0.6 is 0 Å². The van der Waals surface area contributed by atoms with Crippen LogP contribution in [0.25, 0.3) is 0 Å². The molecule has 0 spiro atoms. The quantitative estimate of drug-likeness (QED) is 0.785. The number of anilines is 2. The summed E-state index contributed by atoms with van der Waals surface area (Å²) in [6.45, 7) is 4.55. The maximum Gasteiger partial charge on any atom is 0.224 e. The van der Waals surface area contributed by atoms with Crippen LogP contribution < -0.4 is 15.1 Å². The second-order valence-electron chi connectivity index (χ2n) is 8.34. The first-order chi connectivity index (χ1) is 13.2. The fourth-order valence-corrected chi connectivity index (χ4v) is 4.22. The summed E-state index contributed by atoms with van der Waals surface area (Å²) in [7, 11) is 0. The molecule has 1 aromatic heterocycles. The van der Waals surface area contributed by atoms with Crippen molar-refractivity contribution >= 4 is 17.5 Å². The number of aliphatic hydroxyl groups excluding tert-OH is 1. The molecule has 3 heterocycles. The molecule has 1 amide bonds. The van der Waals surface area contributed by atoms with Gasteiger partial charge in [0.2, 0.25) is 5.91 Å². The summed E-state index contributed by atoms with van der Waals surface area (Å²) >= 11 is 0. The molecule has 2 saturated heterocycles. The molecular formula is C20H31N5O2. The van der Waals surface area contributed by atoms with Crippen molar-refractivity contribution in [1.29, 1.82) is 0 Å². The molecule has 0 aromatic carbocycles. The van der Waals surface area contributed by atoms with Crippen molar-refractivity contribution in [3.8, 4) is 0 Å². The molecule has 1 aromatic rings. The molecule has 27 heavy (non-hydrogen) atoms. The lowest BCUT2D eigenvalue weighted by Crippen LogP contribution is -2.44. The van der Waals surface area contributed by atoms with E-state index in [9.17, 15) is 9.90 Å². The van der Waals surface area contributed by atoms with Gasteiger partial charge in [-0.05, 0) is 50.4 Å². The van der Waals surface area contributed by atoms with E-state index in [0.29, 0.717) is 11.8 Å². The van der Waals surface area contributed by atoms with Crippen molar-refractivity contribution in [3.63, 3.8) is 0 Å². The minimum absolute atomic E-state index is 0.0460. The molecule has 1 aliphatic carbocycles. The molecule has 2 aliphatic heterocycles. The van der Waals surface area contributed by atoms with Gasteiger partial charge in [-0.2, -0.15) is 0 Å². The molecular weight excluding hydrogens is 342 g/mol. The van der Waals surface area contributed by atoms with Crippen molar-refractivity contribution in [3.05, 3.63) is 12.4 Å². The third-order valence-corrected chi connectivity index (χ3v) is 6.12. The molecule has 2 unspecified atom stereocenters. The highest BCUT2D eigenvalue weighted by Crippen LogP contribution is 2.29. The molecule has 0 radical (unpaired) electrons. The minimum Gasteiger partial charge on any atom is -0.396 e. The normalized spacial score (nSPS) is 26.1. The maximum atomic E-state index is 12.5. The van der Waals surface area contributed by atoms with Gasteiger partial charge < -0.3 is 20.2 Å². The first-order valence-corrected chi connectivity index (χ1v) is 10.4. The Bertz CT molecular complexity index is 651. The van der Waals surface area contributed by atoms with Crippen molar-refractivity contribution in [1.82, 2.24) is 15.3 Å². The Labute approximate surface area is 161 Å². The Morgan fingerprint density at radius 1 is 1.04 bits per heavy atom. The van der Waals surface area contributed by atoms with Crippen LogP contribution in [0.4, 0.5) is 11.6 Å². The van der Waals surface area contributed by atoms with Crippen LogP contribution in [0.1, 0.15) is 38.5 Å². The van der Waals surface area contributed by atoms with Gasteiger partial charge in [0.05, 0.1) is 5.92 Å². The standard InChI is InChI=1S/C20H31N5O2/c26-13-16-3-1-7-24(11-16)18-9-19(23-14-22-18)25-8-2-4-17(12-25)20(27)21-10-15-5-6-15/h9,14-17,26H,1-8,10-13H2,(H,21,27). The maximum absolute atomic E-state index is 12.5. The van der Waals surface area contributed by atoms with Crippen molar-refractivity contribution < 1.29 is 9.90 Å². The van der Waals surface area contributed by atoms with Crippen LogP contribution in [0.5, 0.6) is 0 Å². The van der Waals surface area contributed by atoms with Crippen molar-refractivity contribution in [2.24, 2.45) is 17.8 Å². The molecule has 148 valence electrons. The number of nitrogens with one attached hydrogen (secondary N) is 1. The number of amides is 1. The number of aliphatic hydroxyl groups is 1. The van der Waals surface area contributed by atoms with E-state index in [1.165, 1.54) is 12.8 Å². The van der Waals surface area contributed by atoms with Gasteiger partial charge in [0.15, 0.2) is 0 Å². The van der Waals surface area contributed by atoms with E-state index >= 15 is 0 Å². The van der Waals surface area contributed by atoms with Gasteiger partial charge >= 0.3 is 0 Å². The van der Waals surface area contributed by atoms with Gasteiger partial charge in [0, 0.05) is 45.4 Å². The number of piperidine rings is 2.